The van der Waals surface area contributed by atoms with Crippen LogP contribution < -0.4 is 0 Å². The van der Waals surface area contributed by atoms with Crippen molar-refractivity contribution in [2.75, 3.05) is 6.61 Å². The van der Waals surface area contributed by atoms with Gasteiger partial charge in [-0.25, -0.2) is 0 Å². The number of fused-ring (bicyclic) bond motifs is 1. The molecule has 3 rings (SSSR count). The molecular formula is C21H20O5. The molecule has 0 saturated heterocycles. The standard InChI is InChI=1S/C21H20O5/c1-3-25-21(24)18(20(23)14-6-4-13(2)5-7-14)10-15-12-26-19-11-16(22)8-9-17(15)19/h4-9,11-12,18,22H,3,10H2,1-2H3. The number of aryl methyl sites for hydroxylation is 1. The molecule has 26 heavy (non-hydrogen) atoms. The van der Waals surface area contributed by atoms with Gasteiger partial charge in [-0.2, -0.15) is 0 Å². The maximum Gasteiger partial charge on any atom is 0.317 e. The Morgan fingerprint density at radius 3 is 2.58 bits per heavy atom. The highest BCUT2D eigenvalue weighted by Gasteiger charge is 2.30. The Bertz CT molecular complexity index is 937. The quantitative estimate of drug-likeness (QED) is 0.411. The first-order valence-corrected chi connectivity index (χ1v) is 8.46. The summed E-state index contributed by atoms with van der Waals surface area (Å²) in [6, 6.07) is 11.9. The number of phenols is 1. The topological polar surface area (TPSA) is 76.7 Å². The van der Waals surface area contributed by atoms with Crippen molar-refractivity contribution in [2.24, 2.45) is 5.92 Å². The number of hydrogen-bond acceptors (Lipinski definition) is 5. The fraction of sp³-hybridized carbons (Fsp3) is 0.238. The molecule has 0 saturated carbocycles. The average molecular weight is 352 g/mol. The van der Waals surface area contributed by atoms with Gasteiger partial charge in [-0.1, -0.05) is 29.8 Å². The van der Waals surface area contributed by atoms with E-state index in [2.05, 4.69) is 0 Å². The minimum absolute atomic E-state index is 0.0936. The highest BCUT2D eigenvalue weighted by molar-refractivity contribution is 6.09. The largest absolute Gasteiger partial charge is 0.508 e. The molecule has 5 heteroatoms. The van der Waals surface area contributed by atoms with E-state index in [4.69, 9.17) is 9.15 Å². The van der Waals surface area contributed by atoms with Gasteiger partial charge in [0.2, 0.25) is 0 Å². The second-order valence-corrected chi connectivity index (χ2v) is 6.18. The third kappa shape index (κ3) is 3.61. The zero-order valence-corrected chi connectivity index (χ0v) is 14.7. The highest BCUT2D eigenvalue weighted by Crippen LogP contribution is 2.28. The monoisotopic (exact) mass is 352 g/mol. The third-order valence-electron chi connectivity index (χ3n) is 4.29. The number of furan rings is 1. The molecule has 0 fully saturated rings. The summed E-state index contributed by atoms with van der Waals surface area (Å²) in [6.07, 6.45) is 1.68. The van der Waals surface area contributed by atoms with Gasteiger partial charge in [-0.3, -0.25) is 9.59 Å². The van der Waals surface area contributed by atoms with Gasteiger partial charge in [0.05, 0.1) is 12.9 Å². The maximum atomic E-state index is 12.9. The first-order valence-electron chi connectivity index (χ1n) is 8.46. The molecule has 2 aromatic carbocycles. The van der Waals surface area contributed by atoms with Crippen molar-refractivity contribution >= 4 is 22.7 Å². The van der Waals surface area contributed by atoms with E-state index in [1.807, 2.05) is 19.1 Å². The molecule has 3 aromatic rings. The van der Waals surface area contributed by atoms with Crippen LogP contribution >= 0.6 is 0 Å². The summed E-state index contributed by atoms with van der Waals surface area (Å²) in [5.74, 6) is -1.69. The number of aromatic hydroxyl groups is 1. The summed E-state index contributed by atoms with van der Waals surface area (Å²) < 4.78 is 10.6. The van der Waals surface area contributed by atoms with Crippen LogP contribution in [0.25, 0.3) is 11.0 Å². The average Bonchev–Trinajstić information content (AvgIpc) is 3.01. The molecule has 0 bridgehead atoms. The van der Waals surface area contributed by atoms with E-state index in [1.54, 1.807) is 31.2 Å². The van der Waals surface area contributed by atoms with Crippen LogP contribution in [-0.2, 0) is 16.0 Å². The lowest BCUT2D eigenvalue weighted by Crippen LogP contribution is -2.28. The Morgan fingerprint density at radius 2 is 1.88 bits per heavy atom. The summed E-state index contributed by atoms with van der Waals surface area (Å²) in [5, 5.41) is 10.3. The van der Waals surface area contributed by atoms with Crippen LogP contribution in [0.4, 0.5) is 0 Å². The van der Waals surface area contributed by atoms with E-state index < -0.39 is 11.9 Å². The van der Waals surface area contributed by atoms with E-state index in [0.717, 1.165) is 16.5 Å². The van der Waals surface area contributed by atoms with Crippen molar-refractivity contribution in [2.45, 2.75) is 20.3 Å². The van der Waals surface area contributed by atoms with Crippen LogP contribution in [0.1, 0.15) is 28.4 Å². The molecule has 0 aliphatic heterocycles. The van der Waals surface area contributed by atoms with Crippen molar-refractivity contribution in [3.05, 3.63) is 65.4 Å². The summed E-state index contributed by atoms with van der Waals surface area (Å²) in [7, 11) is 0. The van der Waals surface area contributed by atoms with Gasteiger partial charge < -0.3 is 14.3 Å². The molecule has 1 unspecified atom stereocenters. The number of phenolic OH excluding ortho intramolecular Hbond substituents is 1. The predicted octanol–water partition coefficient (Wildman–Crippen LogP) is 4.05. The number of ether oxygens (including phenoxy) is 1. The van der Waals surface area contributed by atoms with Crippen LogP contribution in [0, 0.1) is 12.8 Å². The maximum absolute atomic E-state index is 12.9. The van der Waals surface area contributed by atoms with Crippen molar-refractivity contribution in [1.82, 2.24) is 0 Å². The number of rotatable bonds is 6. The molecule has 0 aliphatic carbocycles. The van der Waals surface area contributed by atoms with Crippen LogP contribution in [0.5, 0.6) is 5.75 Å². The van der Waals surface area contributed by atoms with E-state index >= 15 is 0 Å². The van der Waals surface area contributed by atoms with E-state index in [0.29, 0.717) is 11.1 Å². The minimum Gasteiger partial charge on any atom is -0.508 e. The second-order valence-electron chi connectivity index (χ2n) is 6.18. The summed E-state index contributed by atoms with van der Waals surface area (Å²) >= 11 is 0. The lowest BCUT2D eigenvalue weighted by atomic mass is 9.91. The molecule has 0 amide bonds. The van der Waals surface area contributed by atoms with Crippen molar-refractivity contribution < 1.29 is 23.8 Å². The van der Waals surface area contributed by atoms with E-state index in [9.17, 15) is 14.7 Å². The van der Waals surface area contributed by atoms with Crippen molar-refractivity contribution in [3.63, 3.8) is 0 Å². The third-order valence-corrected chi connectivity index (χ3v) is 4.29. The lowest BCUT2D eigenvalue weighted by Gasteiger charge is -2.14. The molecule has 134 valence electrons. The number of Topliss-reactive ketones (excluding diaryl/α,β-unsaturated/α-hetero) is 1. The molecule has 0 spiro atoms. The van der Waals surface area contributed by atoms with Gasteiger partial charge in [-0.15, -0.1) is 0 Å². The Balaban J connectivity index is 1.94. The van der Waals surface area contributed by atoms with E-state index in [1.165, 1.54) is 12.3 Å². The molecule has 1 atom stereocenters. The molecular weight excluding hydrogens is 332 g/mol. The van der Waals surface area contributed by atoms with Gasteiger partial charge >= 0.3 is 5.97 Å². The van der Waals surface area contributed by atoms with Crippen LogP contribution in [0.2, 0.25) is 0 Å². The number of ketones is 1. The Hall–Kier alpha value is -3.08. The number of carbonyl (C=O) groups is 2. The predicted molar refractivity (Wildman–Crippen MR) is 97.2 cm³/mol. The molecule has 0 radical (unpaired) electrons. The minimum atomic E-state index is -0.952. The fourth-order valence-corrected chi connectivity index (χ4v) is 2.89. The van der Waals surface area contributed by atoms with Gasteiger partial charge in [-0.05, 0) is 38.0 Å². The van der Waals surface area contributed by atoms with Gasteiger partial charge in [0.1, 0.15) is 17.3 Å². The second kappa shape index (κ2) is 7.44. The molecule has 5 nitrogen and oxygen atoms in total. The summed E-state index contributed by atoms with van der Waals surface area (Å²) in [4.78, 5) is 25.3. The normalized spacial score (nSPS) is 12.1. The van der Waals surface area contributed by atoms with Gasteiger partial charge in [0.15, 0.2) is 5.78 Å². The van der Waals surface area contributed by atoms with Crippen molar-refractivity contribution in [1.29, 1.82) is 0 Å². The number of esters is 1. The van der Waals surface area contributed by atoms with Crippen molar-refractivity contribution in [3.8, 4) is 5.75 Å². The number of benzene rings is 2. The van der Waals surface area contributed by atoms with Crippen LogP contribution in [0.3, 0.4) is 0 Å². The highest BCUT2D eigenvalue weighted by atomic mass is 16.5. The van der Waals surface area contributed by atoms with Gasteiger partial charge in [0.25, 0.3) is 0 Å². The zero-order chi connectivity index (χ0) is 18.7. The summed E-state index contributed by atoms with van der Waals surface area (Å²) in [6.45, 7) is 3.85. The SMILES string of the molecule is CCOC(=O)C(Cc1coc2cc(O)ccc12)C(=O)c1ccc(C)cc1. The van der Waals surface area contributed by atoms with Crippen LogP contribution in [-0.4, -0.2) is 23.5 Å². The number of carbonyl (C=O) groups excluding carboxylic acids is 2. The molecule has 1 N–H and O–H groups in total. The Kier molecular flexibility index (Phi) is 5.07. The molecule has 1 aromatic heterocycles. The first kappa shape index (κ1) is 17.7. The first-order chi connectivity index (χ1) is 12.5. The zero-order valence-electron chi connectivity index (χ0n) is 14.7. The Morgan fingerprint density at radius 1 is 1.15 bits per heavy atom. The van der Waals surface area contributed by atoms with Crippen LogP contribution in [0.15, 0.2) is 53.1 Å². The van der Waals surface area contributed by atoms with E-state index in [-0.39, 0.29) is 24.6 Å². The van der Waals surface area contributed by atoms with Gasteiger partial charge in [0, 0.05) is 17.0 Å². The number of hydrogen-bond donors (Lipinski definition) is 1. The smallest absolute Gasteiger partial charge is 0.317 e. The summed E-state index contributed by atoms with van der Waals surface area (Å²) in [5.41, 5.74) is 2.73. The molecule has 1 heterocycles. The molecule has 0 aliphatic rings. The fourth-order valence-electron chi connectivity index (χ4n) is 2.89. The Labute approximate surface area is 151 Å². The lowest BCUT2D eigenvalue weighted by molar-refractivity contribution is -0.146.